The van der Waals surface area contributed by atoms with E-state index in [1.807, 2.05) is 26.5 Å². The first kappa shape index (κ1) is 11.9. The molecule has 2 rings (SSSR count). The molecule has 1 atom stereocenters. The molecule has 0 saturated carbocycles. The number of imidazole rings is 1. The van der Waals surface area contributed by atoms with Crippen molar-refractivity contribution in [1.29, 1.82) is 0 Å². The molecular formula is C14H19N3. The molecule has 0 spiro atoms. The highest BCUT2D eigenvalue weighted by Gasteiger charge is 2.14. The van der Waals surface area contributed by atoms with Crippen LogP contribution < -0.4 is 5.32 Å². The van der Waals surface area contributed by atoms with Gasteiger partial charge in [-0.25, -0.2) is 4.98 Å². The van der Waals surface area contributed by atoms with Crippen molar-refractivity contribution in [3.63, 3.8) is 0 Å². The summed E-state index contributed by atoms with van der Waals surface area (Å²) in [7, 11) is 4.01. The number of likely N-dealkylation sites (N-methyl/N-ethyl adjacent to an activating group) is 1. The SMILES string of the molecule is CNC(Cc1cccc(C)c1)c1nccn1C. The molecule has 17 heavy (non-hydrogen) atoms. The number of nitrogens with zero attached hydrogens (tertiary/aromatic N) is 2. The average Bonchev–Trinajstić information content (AvgIpc) is 2.72. The van der Waals surface area contributed by atoms with Crippen LogP contribution in [0, 0.1) is 6.92 Å². The topological polar surface area (TPSA) is 29.9 Å². The van der Waals surface area contributed by atoms with Gasteiger partial charge in [0.25, 0.3) is 0 Å². The third-order valence-corrected chi connectivity index (χ3v) is 3.04. The number of benzene rings is 1. The predicted molar refractivity (Wildman–Crippen MR) is 69.9 cm³/mol. The van der Waals surface area contributed by atoms with Crippen LogP contribution in [0.5, 0.6) is 0 Å². The highest BCUT2D eigenvalue weighted by atomic mass is 15.1. The van der Waals surface area contributed by atoms with E-state index in [4.69, 9.17) is 0 Å². The van der Waals surface area contributed by atoms with Gasteiger partial charge in [0.1, 0.15) is 5.82 Å². The van der Waals surface area contributed by atoms with Crippen LogP contribution in [0.15, 0.2) is 36.7 Å². The first-order valence-corrected chi connectivity index (χ1v) is 5.90. The number of hydrogen-bond donors (Lipinski definition) is 1. The second-order valence-electron chi connectivity index (χ2n) is 4.43. The van der Waals surface area contributed by atoms with Crippen molar-refractivity contribution in [2.75, 3.05) is 7.05 Å². The average molecular weight is 229 g/mol. The number of rotatable bonds is 4. The molecule has 0 aliphatic carbocycles. The van der Waals surface area contributed by atoms with Crippen LogP contribution in [-0.2, 0) is 13.5 Å². The van der Waals surface area contributed by atoms with Crippen LogP contribution >= 0.6 is 0 Å². The molecule has 0 aliphatic heterocycles. The summed E-state index contributed by atoms with van der Waals surface area (Å²) in [6.07, 6.45) is 4.79. The monoisotopic (exact) mass is 229 g/mol. The zero-order valence-electron chi connectivity index (χ0n) is 10.6. The van der Waals surface area contributed by atoms with E-state index < -0.39 is 0 Å². The molecule has 0 saturated heterocycles. The van der Waals surface area contributed by atoms with Gasteiger partial charge >= 0.3 is 0 Å². The lowest BCUT2D eigenvalue weighted by Crippen LogP contribution is -2.22. The van der Waals surface area contributed by atoms with Crippen LogP contribution in [0.1, 0.15) is 23.0 Å². The van der Waals surface area contributed by atoms with Gasteiger partial charge in [0, 0.05) is 19.4 Å². The van der Waals surface area contributed by atoms with Crippen LogP contribution in [0.2, 0.25) is 0 Å². The number of hydrogen-bond acceptors (Lipinski definition) is 2. The maximum atomic E-state index is 4.41. The first-order valence-electron chi connectivity index (χ1n) is 5.90. The molecule has 3 heteroatoms. The van der Waals surface area contributed by atoms with Gasteiger partial charge in [-0.1, -0.05) is 29.8 Å². The molecular weight excluding hydrogens is 210 g/mol. The Morgan fingerprint density at radius 1 is 1.41 bits per heavy atom. The van der Waals surface area contributed by atoms with Crippen molar-refractivity contribution in [1.82, 2.24) is 14.9 Å². The highest BCUT2D eigenvalue weighted by molar-refractivity contribution is 5.23. The largest absolute Gasteiger partial charge is 0.337 e. The van der Waals surface area contributed by atoms with Crippen molar-refractivity contribution in [2.24, 2.45) is 7.05 Å². The van der Waals surface area contributed by atoms with Gasteiger partial charge in [0.15, 0.2) is 0 Å². The normalized spacial score (nSPS) is 12.6. The van der Waals surface area contributed by atoms with Crippen LogP contribution in [0.3, 0.4) is 0 Å². The fraction of sp³-hybridized carbons (Fsp3) is 0.357. The van der Waals surface area contributed by atoms with Gasteiger partial charge in [-0.15, -0.1) is 0 Å². The van der Waals surface area contributed by atoms with E-state index in [1.54, 1.807) is 0 Å². The minimum absolute atomic E-state index is 0.261. The van der Waals surface area contributed by atoms with E-state index in [1.165, 1.54) is 11.1 Å². The summed E-state index contributed by atoms with van der Waals surface area (Å²) in [4.78, 5) is 4.41. The molecule has 0 bridgehead atoms. The fourth-order valence-electron chi connectivity index (χ4n) is 2.11. The Kier molecular flexibility index (Phi) is 3.59. The molecule has 0 amide bonds. The molecule has 0 fully saturated rings. The van der Waals surface area contributed by atoms with Crippen molar-refractivity contribution >= 4 is 0 Å². The molecule has 1 N–H and O–H groups in total. The molecule has 3 nitrogen and oxygen atoms in total. The highest BCUT2D eigenvalue weighted by Crippen LogP contribution is 2.16. The molecule has 1 heterocycles. The fourth-order valence-corrected chi connectivity index (χ4v) is 2.11. The number of nitrogens with one attached hydrogen (secondary N) is 1. The number of aromatic nitrogens is 2. The van der Waals surface area contributed by atoms with Gasteiger partial charge in [0.05, 0.1) is 6.04 Å². The van der Waals surface area contributed by atoms with Gasteiger partial charge in [-0.05, 0) is 26.0 Å². The van der Waals surface area contributed by atoms with Gasteiger partial charge in [-0.2, -0.15) is 0 Å². The lowest BCUT2D eigenvalue weighted by Gasteiger charge is -2.16. The van der Waals surface area contributed by atoms with E-state index in [2.05, 4.69) is 46.1 Å². The molecule has 1 aromatic carbocycles. The summed E-state index contributed by atoms with van der Waals surface area (Å²) < 4.78 is 2.07. The van der Waals surface area contributed by atoms with Crippen molar-refractivity contribution in [2.45, 2.75) is 19.4 Å². The second kappa shape index (κ2) is 5.15. The summed E-state index contributed by atoms with van der Waals surface area (Å²) >= 11 is 0. The third kappa shape index (κ3) is 2.74. The predicted octanol–water partition coefficient (Wildman–Crippen LogP) is 2.23. The zero-order valence-corrected chi connectivity index (χ0v) is 10.6. The standard InChI is InChI=1S/C14H19N3/c1-11-5-4-6-12(9-11)10-13(15-2)14-16-7-8-17(14)3/h4-9,13,15H,10H2,1-3H3. The Morgan fingerprint density at radius 2 is 2.24 bits per heavy atom. The van der Waals surface area contributed by atoms with Crippen LogP contribution in [-0.4, -0.2) is 16.6 Å². The second-order valence-corrected chi connectivity index (χ2v) is 4.43. The van der Waals surface area contributed by atoms with Crippen LogP contribution in [0.4, 0.5) is 0 Å². The molecule has 1 aromatic heterocycles. The van der Waals surface area contributed by atoms with Gasteiger partial charge in [-0.3, -0.25) is 0 Å². The first-order chi connectivity index (χ1) is 8.20. The Hall–Kier alpha value is -1.61. The Morgan fingerprint density at radius 3 is 2.82 bits per heavy atom. The minimum atomic E-state index is 0.261. The third-order valence-electron chi connectivity index (χ3n) is 3.04. The summed E-state index contributed by atoms with van der Waals surface area (Å²) in [6.45, 7) is 2.12. The quantitative estimate of drug-likeness (QED) is 0.871. The van der Waals surface area contributed by atoms with Crippen LogP contribution in [0.25, 0.3) is 0 Å². The maximum absolute atomic E-state index is 4.41. The summed E-state index contributed by atoms with van der Waals surface area (Å²) in [5.41, 5.74) is 2.64. The Balaban J connectivity index is 2.19. The molecule has 0 aliphatic rings. The minimum Gasteiger partial charge on any atom is -0.337 e. The molecule has 90 valence electrons. The Bertz CT molecular complexity index is 488. The van der Waals surface area contributed by atoms with Crippen molar-refractivity contribution in [3.05, 3.63) is 53.6 Å². The summed E-state index contributed by atoms with van der Waals surface area (Å²) in [5.74, 6) is 1.08. The van der Waals surface area contributed by atoms with E-state index in [9.17, 15) is 0 Å². The summed E-state index contributed by atoms with van der Waals surface area (Å²) in [6, 6.07) is 8.89. The Labute approximate surface area is 103 Å². The van der Waals surface area contributed by atoms with Gasteiger partial charge in [0.2, 0.25) is 0 Å². The zero-order chi connectivity index (χ0) is 12.3. The van der Waals surface area contributed by atoms with Crippen molar-refractivity contribution < 1.29 is 0 Å². The number of aryl methyl sites for hydroxylation is 2. The van der Waals surface area contributed by atoms with Gasteiger partial charge < -0.3 is 9.88 Å². The molecule has 2 aromatic rings. The maximum Gasteiger partial charge on any atom is 0.125 e. The lowest BCUT2D eigenvalue weighted by molar-refractivity contribution is 0.538. The smallest absolute Gasteiger partial charge is 0.125 e. The molecule has 0 radical (unpaired) electrons. The van der Waals surface area contributed by atoms with E-state index >= 15 is 0 Å². The lowest BCUT2D eigenvalue weighted by atomic mass is 10.0. The van der Waals surface area contributed by atoms with E-state index in [0.717, 1.165) is 12.2 Å². The summed E-state index contributed by atoms with van der Waals surface area (Å²) in [5, 5.41) is 3.33. The molecule has 1 unspecified atom stereocenters. The van der Waals surface area contributed by atoms with E-state index in [0.29, 0.717) is 0 Å². The van der Waals surface area contributed by atoms with E-state index in [-0.39, 0.29) is 6.04 Å². The van der Waals surface area contributed by atoms with Crippen molar-refractivity contribution in [3.8, 4) is 0 Å².